The summed E-state index contributed by atoms with van der Waals surface area (Å²) in [7, 11) is -3.01. The fraction of sp³-hybridized carbons (Fsp3) is 1.00. The molecule has 0 aromatic rings. The first-order valence-corrected chi connectivity index (χ1v) is 11.9. The van der Waals surface area contributed by atoms with Crippen molar-refractivity contribution in [2.45, 2.75) is 64.3 Å². The second-order valence-corrected chi connectivity index (χ2v) is 11.4. The van der Waals surface area contributed by atoms with Gasteiger partial charge in [-0.2, -0.15) is 0 Å². The third kappa shape index (κ3) is 3.16. The molecule has 1 heterocycles. The van der Waals surface area contributed by atoms with Crippen LogP contribution in [0.4, 0.5) is 0 Å². The van der Waals surface area contributed by atoms with Crippen molar-refractivity contribution in [1.82, 2.24) is 9.62 Å². The molecule has 0 aromatic carbocycles. The molecule has 0 spiro atoms. The van der Waals surface area contributed by atoms with Gasteiger partial charge in [-0.1, -0.05) is 6.92 Å². The predicted octanol–water partition coefficient (Wildman–Crippen LogP) is 2.85. The van der Waals surface area contributed by atoms with Crippen LogP contribution in [0, 0.1) is 29.1 Å². The molecule has 4 saturated carbocycles. The van der Waals surface area contributed by atoms with Gasteiger partial charge in [-0.05, 0) is 87.0 Å². The Morgan fingerprint density at radius 3 is 2.17 bits per heavy atom. The van der Waals surface area contributed by atoms with Gasteiger partial charge in [-0.3, -0.25) is 0 Å². The molecular formula is C19H34N2O2S. The number of hydrogen-bond donors (Lipinski definition) is 1. The van der Waals surface area contributed by atoms with E-state index in [2.05, 4.69) is 12.2 Å². The van der Waals surface area contributed by atoms with E-state index in [1.165, 1.54) is 51.2 Å². The maximum atomic E-state index is 11.7. The van der Waals surface area contributed by atoms with Crippen LogP contribution >= 0.6 is 0 Å². The predicted molar refractivity (Wildman–Crippen MR) is 97.2 cm³/mol. The molecule has 5 heteroatoms. The minimum absolute atomic E-state index is 0.489. The van der Waals surface area contributed by atoms with E-state index in [-0.39, 0.29) is 0 Å². The van der Waals surface area contributed by atoms with Crippen molar-refractivity contribution < 1.29 is 8.42 Å². The summed E-state index contributed by atoms with van der Waals surface area (Å²) < 4.78 is 25.1. The number of sulfonamides is 1. The summed E-state index contributed by atoms with van der Waals surface area (Å²) in [6, 6.07) is 0.637. The fourth-order valence-electron chi connectivity index (χ4n) is 6.97. The van der Waals surface area contributed by atoms with Gasteiger partial charge in [0.2, 0.25) is 10.0 Å². The number of nitrogens with zero attached hydrogens (tertiary/aromatic N) is 1. The van der Waals surface area contributed by atoms with Crippen molar-refractivity contribution in [3.8, 4) is 0 Å². The van der Waals surface area contributed by atoms with Crippen molar-refractivity contribution >= 4 is 10.0 Å². The molecule has 0 radical (unpaired) electrons. The van der Waals surface area contributed by atoms with Gasteiger partial charge in [0.15, 0.2) is 0 Å². The highest BCUT2D eigenvalue weighted by molar-refractivity contribution is 7.88. The molecule has 5 aliphatic rings. The average molecular weight is 355 g/mol. The molecule has 24 heavy (non-hydrogen) atoms. The Morgan fingerprint density at radius 1 is 1.12 bits per heavy atom. The SMILES string of the molecule is CC[C@H](NC[C@@H]1CCN(S(C)(=O)=O)C1)C12CC3CC(CC(C3)C1)C2. The fourth-order valence-corrected chi connectivity index (χ4v) is 7.89. The summed E-state index contributed by atoms with van der Waals surface area (Å²) in [4.78, 5) is 0. The van der Waals surface area contributed by atoms with Gasteiger partial charge in [0.25, 0.3) is 0 Å². The number of hydrogen-bond acceptors (Lipinski definition) is 3. The van der Waals surface area contributed by atoms with Crippen LogP contribution in [0.1, 0.15) is 58.3 Å². The molecule has 5 fully saturated rings. The minimum atomic E-state index is -3.01. The van der Waals surface area contributed by atoms with E-state index in [4.69, 9.17) is 0 Å². The van der Waals surface area contributed by atoms with Crippen LogP contribution in [0.25, 0.3) is 0 Å². The summed E-state index contributed by atoms with van der Waals surface area (Å²) in [5, 5.41) is 3.92. The first-order valence-electron chi connectivity index (χ1n) is 10.1. The largest absolute Gasteiger partial charge is 0.313 e. The van der Waals surface area contributed by atoms with Crippen LogP contribution in [0.3, 0.4) is 0 Å². The molecular weight excluding hydrogens is 320 g/mol. The minimum Gasteiger partial charge on any atom is -0.313 e. The van der Waals surface area contributed by atoms with Crippen LogP contribution in [0.2, 0.25) is 0 Å². The zero-order valence-electron chi connectivity index (χ0n) is 15.3. The second kappa shape index (κ2) is 6.24. The van der Waals surface area contributed by atoms with Crippen LogP contribution < -0.4 is 5.32 Å². The van der Waals surface area contributed by atoms with E-state index in [0.717, 1.165) is 30.7 Å². The van der Waals surface area contributed by atoms with E-state index in [0.29, 0.717) is 30.5 Å². The molecule has 0 unspecified atom stereocenters. The third-order valence-corrected chi connectivity index (χ3v) is 8.87. The van der Waals surface area contributed by atoms with E-state index >= 15 is 0 Å². The molecule has 4 bridgehead atoms. The van der Waals surface area contributed by atoms with Gasteiger partial charge >= 0.3 is 0 Å². The average Bonchev–Trinajstić information content (AvgIpc) is 2.95. The first-order chi connectivity index (χ1) is 11.4. The number of rotatable bonds is 6. The highest BCUT2D eigenvalue weighted by Gasteiger charge is 2.53. The van der Waals surface area contributed by atoms with Gasteiger partial charge in [-0.15, -0.1) is 0 Å². The smallest absolute Gasteiger partial charge is 0.211 e. The van der Waals surface area contributed by atoms with Crippen molar-refractivity contribution in [3.63, 3.8) is 0 Å². The molecule has 5 rings (SSSR count). The molecule has 2 atom stereocenters. The summed E-state index contributed by atoms with van der Waals surface area (Å²) in [5.74, 6) is 3.49. The van der Waals surface area contributed by atoms with E-state index in [1.807, 2.05) is 0 Å². The lowest BCUT2D eigenvalue weighted by atomic mass is 9.47. The Balaban J connectivity index is 1.37. The standard InChI is InChI=1S/C19H34N2O2S/c1-3-18(20-12-14-4-5-21(13-14)24(2,22)23)19-9-15-6-16(10-19)8-17(7-15)11-19/h14-18,20H,3-13H2,1-2H3/t14-,15?,16?,17?,18-,19?/m0/s1. The van der Waals surface area contributed by atoms with Crippen molar-refractivity contribution in [3.05, 3.63) is 0 Å². The van der Waals surface area contributed by atoms with E-state index in [9.17, 15) is 8.42 Å². The Bertz CT molecular complexity index is 539. The van der Waals surface area contributed by atoms with Crippen LogP contribution in [0.15, 0.2) is 0 Å². The molecule has 138 valence electrons. The highest BCUT2D eigenvalue weighted by atomic mass is 32.2. The lowest BCUT2D eigenvalue weighted by molar-refractivity contribution is -0.0748. The Labute approximate surface area is 147 Å². The second-order valence-electron chi connectivity index (χ2n) is 9.42. The normalized spacial score (nSPS) is 43.4. The Kier molecular flexibility index (Phi) is 4.50. The zero-order chi connectivity index (χ0) is 16.9. The summed E-state index contributed by atoms with van der Waals surface area (Å²) >= 11 is 0. The third-order valence-electron chi connectivity index (χ3n) is 7.60. The molecule has 4 nitrogen and oxygen atoms in total. The summed E-state index contributed by atoms with van der Waals surface area (Å²) in [6.45, 7) is 4.75. The van der Waals surface area contributed by atoms with Crippen molar-refractivity contribution in [2.24, 2.45) is 29.1 Å². The lowest BCUT2D eigenvalue weighted by Crippen LogP contribution is -2.56. The zero-order valence-corrected chi connectivity index (χ0v) is 16.2. The van der Waals surface area contributed by atoms with E-state index < -0.39 is 10.0 Å². The topological polar surface area (TPSA) is 49.4 Å². The Morgan fingerprint density at radius 2 is 1.71 bits per heavy atom. The molecule has 1 saturated heterocycles. The summed E-state index contributed by atoms with van der Waals surface area (Å²) in [5.41, 5.74) is 0.554. The van der Waals surface area contributed by atoms with E-state index in [1.54, 1.807) is 4.31 Å². The molecule has 1 aliphatic heterocycles. The molecule has 1 N–H and O–H groups in total. The maximum Gasteiger partial charge on any atom is 0.211 e. The van der Waals surface area contributed by atoms with Crippen LogP contribution in [0.5, 0.6) is 0 Å². The van der Waals surface area contributed by atoms with Gasteiger partial charge in [0, 0.05) is 19.1 Å². The van der Waals surface area contributed by atoms with Gasteiger partial charge in [0.1, 0.15) is 0 Å². The van der Waals surface area contributed by atoms with Gasteiger partial charge in [0.05, 0.1) is 6.26 Å². The first kappa shape index (κ1) is 17.3. The van der Waals surface area contributed by atoms with Crippen molar-refractivity contribution in [2.75, 3.05) is 25.9 Å². The summed E-state index contributed by atoms with van der Waals surface area (Å²) in [6.07, 6.45) is 12.4. The molecule has 4 aliphatic carbocycles. The molecule has 0 amide bonds. The van der Waals surface area contributed by atoms with Gasteiger partial charge in [-0.25, -0.2) is 12.7 Å². The van der Waals surface area contributed by atoms with Crippen molar-refractivity contribution in [1.29, 1.82) is 0 Å². The monoisotopic (exact) mass is 354 g/mol. The molecule has 0 aromatic heterocycles. The van der Waals surface area contributed by atoms with Crippen LogP contribution in [-0.4, -0.2) is 44.7 Å². The Hall–Kier alpha value is -0.130. The maximum absolute atomic E-state index is 11.7. The lowest BCUT2D eigenvalue weighted by Gasteiger charge is -2.59. The quantitative estimate of drug-likeness (QED) is 0.798. The van der Waals surface area contributed by atoms with Crippen LogP contribution in [-0.2, 0) is 10.0 Å². The van der Waals surface area contributed by atoms with Gasteiger partial charge < -0.3 is 5.32 Å². The number of nitrogens with one attached hydrogen (secondary N) is 1. The highest BCUT2D eigenvalue weighted by Crippen LogP contribution is 2.61.